The molecule has 2 bridgehead atoms. The lowest BCUT2D eigenvalue weighted by Crippen LogP contribution is -2.42. The first-order chi connectivity index (χ1) is 9.43. The second-order valence-electron chi connectivity index (χ2n) is 7.57. The molecule has 2 heteroatoms. The van der Waals surface area contributed by atoms with Crippen LogP contribution in [-0.4, -0.2) is 22.4 Å². The number of benzene rings is 1. The molecule has 2 saturated heterocycles. The molecule has 0 N–H and O–H groups in total. The van der Waals surface area contributed by atoms with Gasteiger partial charge in [-0.05, 0) is 42.2 Å². The van der Waals surface area contributed by atoms with Crippen LogP contribution in [0.1, 0.15) is 57.6 Å². The van der Waals surface area contributed by atoms with Gasteiger partial charge in [0.1, 0.15) is 0 Å². The molecule has 2 aliphatic heterocycles. The largest absolute Gasteiger partial charge is 0.293 e. The zero-order valence-corrected chi connectivity index (χ0v) is 13.7. The van der Waals surface area contributed by atoms with E-state index in [2.05, 4.69) is 49.9 Å². The van der Waals surface area contributed by atoms with Crippen LogP contribution >= 0.6 is 11.6 Å². The van der Waals surface area contributed by atoms with Crippen molar-refractivity contribution in [3.8, 4) is 0 Å². The second kappa shape index (κ2) is 5.35. The normalized spacial score (nSPS) is 30.7. The lowest BCUT2D eigenvalue weighted by molar-refractivity contribution is 0.134. The van der Waals surface area contributed by atoms with Crippen molar-refractivity contribution in [2.75, 3.05) is 0 Å². The van der Waals surface area contributed by atoms with Crippen LogP contribution in [0, 0.1) is 0 Å². The van der Waals surface area contributed by atoms with Crippen LogP contribution in [0.4, 0.5) is 0 Å². The number of halogens is 1. The highest BCUT2D eigenvalue weighted by atomic mass is 35.5. The molecule has 3 rings (SSSR count). The van der Waals surface area contributed by atoms with Crippen molar-refractivity contribution in [2.45, 2.75) is 75.9 Å². The van der Waals surface area contributed by atoms with Gasteiger partial charge in [0.25, 0.3) is 0 Å². The van der Waals surface area contributed by atoms with Crippen molar-refractivity contribution >= 4 is 11.6 Å². The van der Waals surface area contributed by atoms with E-state index in [1.807, 2.05) is 0 Å². The van der Waals surface area contributed by atoms with Crippen molar-refractivity contribution in [3.05, 3.63) is 35.4 Å². The monoisotopic (exact) mass is 291 g/mol. The van der Waals surface area contributed by atoms with E-state index in [-0.39, 0.29) is 5.41 Å². The van der Waals surface area contributed by atoms with Gasteiger partial charge in [-0.25, -0.2) is 0 Å². The summed E-state index contributed by atoms with van der Waals surface area (Å²) < 4.78 is 0. The number of alkyl halides is 1. The Morgan fingerprint density at radius 1 is 1.05 bits per heavy atom. The smallest absolute Gasteiger partial charge is 0.0365 e. The minimum absolute atomic E-state index is 0.245. The van der Waals surface area contributed by atoms with Gasteiger partial charge in [-0.2, -0.15) is 0 Å². The number of fused-ring (bicyclic) bond motifs is 2. The van der Waals surface area contributed by atoms with Crippen molar-refractivity contribution in [3.63, 3.8) is 0 Å². The Morgan fingerprint density at radius 3 is 2.10 bits per heavy atom. The van der Waals surface area contributed by atoms with Crippen molar-refractivity contribution in [1.82, 2.24) is 4.90 Å². The van der Waals surface area contributed by atoms with E-state index in [1.54, 1.807) is 0 Å². The first kappa shape index (κ1) is 14.4. The molecule has 0 amide bonds. The summed E-state index contributed by atoms with van der Waals surface area (Å²) >= 11 is 6.36. The molecule has 1 aromatic rings. The number of piperidine rings is 1. The first-order valence-corrected chi connectivity index (χ1v) is 8.36. The maximum atomic E-state index is 6.36. The van der Waals surface area contributed by atoms with E-state index in [0.717, 1.165) is 18.6 Å². The van der Waals surface area contributed by atoms with E-state index in [9.17, 15) is 0 Å². The molecule has 0 saturated carbocycles. The van der Waals surface area contributed by atoms with Gasteiger partial charge in [0.2, 0.25) is 0 Å². The van der Waals surface area contributed by atoms with Crippen LogP contribution in [0.15, 0.2) is 24.3 Å². The third-order valence-electron chi connectivity index (χ3n) is 5.01. The van der Waals surface area contributed by atoms with Crippen molar-refractivity contribution in [2.24, 2.45) is 0 Å². The molecule has 1 aromatic carbocycles. The molecule has 0 spiro atoms. The molecule has 2 unspecified atom stereocenters. The summed E-state index contributed by atoms with van der Waals surface area (Å²) in [5.41, 5.74) is 3.11. The molecule has 110 valence electrons. The van der Waals surface area contributed by atoms with Crippen LogP contribution in [0.25, 0.3) is 0 Å². The van der Waals surface area contributed by atoms with Gasteiger partial charge >= 0.3 is 0 Å². The maximum Gasteiger partial charge on any atom is 0.0365 e. The Balaban J connectivity index is 1.70. The highest BCUT2D eigenvalue weighted by Gasteiger charge is 2.39. The first-order valence-electron chi connectivity index (χ1n) is 7.93. The van der Waals surface area contributed by atoms with Gasteiger partial charge in [0.15, 0.2) is 0 Å². The van der Waals surface area contributed by atoms with Crippen molar-refractivity contribution < 1.29 is 0 Å². The molecule has 2 atom stereocenters. The Bertz CT molecular complexity index is 445. The Kier molecular flexibility index (Phi) is 3.85. The number of hydrogen-bond acceptors (Lipinski definition) is 1. The second-order valence-corrected chi connectivity index (χ2v) is 8.19. The lowest BCUT2D eigenvalue weighted by atomic mass is 9.86. The maximum absolute atomic E-state index is 6.36. The highest BCUT2D eigenvalue weighted by Crippen LogP contribution is 2.38. The summed E-state index contributed by atoms with van der Waals surface area (Å²) in [5.74, 6) is 0. The Morgan fingerprint density at radius 2 is 1.60 bits per heavy atom. The highest BCUT2D eigenvalue weighted by molar-refractivity contribution is 6.20. The van der Waals surface area contributed by atoms with Crippen LogP contribution in [0.5, 0.6) is 0 Å². The van der Waals surface area contributed by atoms with E-state index in [4.69, 9.17) is 11.6 Å². The molecular weight excluding hydrogens is 266 g/mol. The van der Waals surface area contributed by atoms with Crippen LogP contribution in [-0.2, 0) is 12.0 Å². The van der Waals surface area contributed by atoms with Gasteiger partial charge in [0.05, 0.1) is 0 Å². The van der Waals surface area contributed by atoms with Gasteiger partial charge in [-0.3, -0.25) is 4.90 Å². The molecule has 2 heterocycles. The number of hydrogen-bond donors (Lipinski definition) is 0. The number of rotatable bonds is 2. The zero-order chi connectivity index (χ0) is 14.3. The Labute approximate surface area is 128 Å². The summed E-state index contributed by atoms with van der Waals surface area (Å²) in [6.07, 6.45) is 5.04. The fourth-order valence-electron chi connectivity index (χ4n) is 3.79. The molecule has 0 aromatic heterocycles. The van der Waals surface area contributed by atoms with Crippen LogP contribution in [0.2, 0.25) is 0 Å². The van der Waals surface area contributed by atoms with Gasteiger partial charge in [0, 0.05) is 24.0 Å². The summed E-state index contributed by atoms with van der Waals surface area (Å²) in [6.45, 7) is 7.91. The fraction of sp³-hybridized carbons (Fsp3) is 0.667. The number of nitrogens with zero attached hydrogens (tertiary/aromatic N) is 1. The quantitative estimate of drug-likeness (QED) is 0.713. The van der Waals surface area contributed by atoms with E-state index in [1.165, 1.54) is 36.8 Å². The zero-order valence-electron chi connectivity index (χ0n) is 12.9. The van der Waals surface area contributed by atoms with E-state index in [0.29, 0.717) is 5.38 Å². The summed E-state index contributed by atoms with van der Waals surface area (Å²) in [7, 11) is 0. The molecule has 2 fully saturated rings. The predicted molar refractivity (Wildman–Crippen MR) is 86.4 cm³/mol. The molecule has 2 aliphatic rings. The SMILES string of the molecule is CC(C)(C)c1ccc(CN2C3CCC2CC(Cl)C3)cc1. The van der Waals surface area contributed by atoms with Crippen LogP contribution < -0.4 is 0 Å². The predicted octanol–water partition coefficient (Wildman–Crippen LogP) is 4.72. The topological polar surface area (TPSA) is 3.24 Å². The van der Waals surface area contributed by atoms with Crippen molar-refractivity contribution in [1.29, 1.82) is 0 Å². The third kappa shape index (κ3) is 2.89. The minimum Gasteiger partial charge on any atom is -0.293 e. The standard InChI is InChI=1S/C18H26ClN/c1-18(2,3)14-6-4-13(5-7-14)12-20-16-8-9-17(20)11-15(19)10-16/h4-7,15-17H,8-12H2,1-3H3. The molecule has 0 radical (unpaired) electrons. The van der Waals surface area contributed by atoms with Gasteiger partial charge < -0.3 is 0 Å². The average Bonchev–Trinajstić information content (AvgIpc) is 2.62. The molecular formula is C18H26ClN. The Hall–Kier alpha value is -0.530. The fourth-order valence-corrected chi connectivity index (χ4v) is 4.20. The molecule has 1 nitrogen and oxygen atoms in total. The van der Waals surface area contributed by atoms with E-state index < -0.39 is 0 Å². The summed E-state index contributed by atoms with van der Waals surface area (Å²) in [5, 5.41) is 0.409. The minimum atomic E-state index is 0.245. The van der Waals surface area contributed by atoms with Crippen LogP contribution in [0.3, 0.4) is 0 Å². The van der Waals surface area contributed by atoms with Gasteiger partial charge in [-0.1, -0.05) is 45.0 Å². The molecule has 0 aliphatic carbocycles. The summed E-state index contributed by atoms with van der Waals surface area (Å²) in [6, 6.07) is 10.7. The van der Waals surface area contributed by atoms with Gasteiger partial charge in [-0.15, -0.1) is 11.6 Å². The molecule has 20 heavy (non-hydrogen) atoms. The third-order valence-corrected chi connectivity index (χ3v) is 5.37. The van der Waals surface area contributed by atoms with E-state index >= 15 is 0 Å². The average molecular weight is 292 g/mol. The lowest BCUT2D eigenvalue weighted by Gasteiger charge is -2.37. The summed E-state index contributed by atoms with van der Waals surface area (Å²) in [4.78, 5) is 2.70.